The molecule has 1 aromatic rings. The number of methoxy groups -OCH3 is 1. The van der Waals surface area contributed by atoms with E-state index in [1.165, 1.54) is 0 Å². The molecular weight excluding hydrogens is 268 g/mol. The van der Waals surface area contributed by atoms with Crippen LogP contribution < -0.4 is 5.32 Å². The fraction of sp³-hybridized carbons (Fsp3) is 0.500. The van der Waals surface area contributed by atoms with Crippen molar-refractivity contribution in [2.24, 2.45) is 0 Å². The molecule has 114 valence electrons. The van der Waals surface area contributed by atoms with Crippen LogP contribution in [0.5, 0.6) is 0 Å². The zero-order valence-corrected chi connectivity index (χ0v) is 12.7. The number of carbonyl (C=O) groups excluding carboxylic acids is 2. The van der Waals surface area contributed by atoms with Crippen LogP contribution in [0.1, 0.15) is 31.9 Å². The standard InChI is InChI=1S/C16H22N2O3/c1-11-9-14(19)17-15(13-7-5-4-6-8-13)16(20)18(11)12(2)10-21-3/h4-8,11-12,15H,9-10H2,1-3H3,(H,17,19). The van der Waals surface area contributed by atoms with E-state index in [0.717, 1.165) is 5.56 Å². The summed E-state index contributed by atoms with van der Waals surface area (Å²) in [6.45, 7) is 4.29. The molecule has 21 heavy (non-hydrogen) atoms. The maximum Gasteiger partial charge on any atom is 0.250 e. The lowest BCUT2D eigenvalue weighted by Gasteiger charge is -2.34. The Labute approximate surface area is 125 Å². The second-order valence-electron chi connectivity index (χ2n) is 5.51. The van der Waals surface area contributed by atoms with Crippen LogP contribution in [-0.2, 0) is 14.3 Å². The molecule has 3 atom stereocenters. The maximum atomic E-state index is 12.9. The van der Waals surface area contributed by atoms with Crippen LogP contribution in [0.3, 0.4) is 0 Å². The van der Waals surface area contributed by atoms with Crippen molar-refractivity contribution < 1.29 is 14.3 Å². The van der Waals surface area contributed by atoms with Crippen LogP contribution in [0.2, 0.25) is 0 Å². The molecule has 1 aliphatic heterocycles. The molecule has 1 saturated heterocycles. The summed E-state index contributed by atoms with van der Waals surface area (Å²) >= 11 is 0. The summed E-state index contributed by atoms with van der Waals surface area (Å²) in [6.07, 6.45) is 0.309. The average Bonchev–Trinajstić information content (AvgIpc) is 2.56. The van der Waals surface area contributed by atoms with Crippen molar-refractivity contribution in [1.29, 1.82) is 0 Å². The Morgan fingerprint density at radius 1 is 1.33 bits per heavy atom. The highest BCUT2D eigenvalue weighted by molar-refractivity contribution is 5.91. The van der Waals surface area contributed by atoms with Crippen LogP contribution in [0, 0.1) is 0 Å². The largest absolute Gasteiger partial charge is 0.383 e. The molecule has 0 radical (unpaired) electrons. The first kappa shape index (κ1) is 15.5. The van der Waals surface area contributed by atoms with Gasteiger partial charge in [0, 0.05) is 19.6 Å². The molecule has 1 fully saturated rings. The fourth-order valence-corrected chi connectivity index (χ4v) is 2.86. The summed E-state index contributed by atoms with van der Waals surface area (Å²) in [7, 11) is 1.61. The minimum atomic E-state index is -0.622. The Kier molecular flexibility index (Phi) is 4.96. The van der Waals surface area contributed by atoms with Gasteiger partial charge in [-0.25, -0.2) is 0 Å². The molecule has 0 saturated carbocycles. The molecule has 1 N–H and O–H groups in total. The minimum Gasteiger partial charge on any atom is -0.383 e. The van der Waals surface area contributed by atoms with Crippen molar-refractivity contribution in [3.63, 3.8) is 0 Å². The number of nitrogens with zero attached hydrogens (tertiary/aromatic N) is 1. The molecule has 3 unspecified atom stereocenters. The summed E-state index contributed by atoms with van der Waals surface area (Å²) in [6, 6.07) is 8.50. The predicted octanol–water partition coefficient (Wildman–Crippen LogP) is 1.50. The van der Waals surface area contributed by atoms with Gasteiger partial charge in [0.25, 0.3) is 0 Å². The third kappa shape index (κ3) is 3.42. The van der Waals surface area contributed by atoms with Gasteiger partial charge in [-0.2, -0.15) is 0 Å². The smallest absolute Gasteiger partial charge is 0.250 e. The number of nitrogens with one attached hydrogen (secondary N) is 1. The molecule has 5 nitrogen and oxygen atoms in total. The molecule has 0 spiro atoms. The van der Waals surface area contributed by atoms with Crippen molar-refractivity contribution in [3.8, 4) is 0 Å². The zero-order chi connectivity index (χ0) is 15.4. The van der Waals surface area contributed by atoms with Gasteiger partial charge in [0.1, 0.15) is 6.04 Å². The number of benzene rings is 1. The van der Waals surface area contributed by atoms with Crippen molar-refractivity contribution >= 4 is 11.8 Å². The zero-order valence-electron chi connectivity index (χ0n) is 12.7. The van der Waals surface area contributed by atoms with Gasteiger partial charge in [-0.3, -0.25) is 9.59 Å². The van der Waals surface area contributed by atoms with Crippen LogP contribution in [0.25, 0.3) is 0 Å². The van der Waals surface area contributed by atoms with E-state index in [9.17, 15) is 9.59 Å². The summed E-state index contributed by atoms with van der Waals surface area (Å²) in [5.74, 6) is -0.180. The number of hydrogen-bond acceptors (Lipinski definition) is 3. The van der Waals surface area contributed by atoms with Gasteiger partial charge in [-0.1, -0.05) is 30.3 Å². The van der Waals surface area contributed by atoms with E-state index in [-0.39, 0.29) is 23.9 Å². The molecule has 1 aliphatic rings. The van der Waals surface area contributed by atoms with Crippen molar-refractivity contribution in [2.45, 2.75) is 38.4 Å². The Morgan fingerprint density at radius 2 is 2.00 bits per heavy atom. The quantitative estimate of drug-likeness (QED) is 0.914. The Hall–Kier alpha value is -1.88. The topological polar surface area (TPSA) is 58.6 Å². The van der Waals surface area contributed by atoms with Gasteiger partial charge >= 0.3 is 0 Å². The van der Waals surface area contributed by atoms with E-state index in [1.54, 1.807) is 12.0 Å². The highest BCUT2D eigenvalue weighted by Gasteiger charge is 2.37. The Bertz CT molecular complexity index is 504. The second-order valence-corrected chi connectivity index (χ2v) is 5.51. The van der Waals surface area contributed by atoms with Crippen molar-refractivity contribution in [2.75, 3.05) is 13.7 Å². The maximum absolute atomic E-state index is 12.9. The lowest BCUT2D eigenvalue weighted by atomic mass is 10.0. The van der Waals surface area contributed by atoms with E-state index >= 15 is 0 Å². The van der Waals surface area contributed by atoms with Crippen molar-refractivity contribution in [1.82, 2.24) is 10.2 Å². The number of amides is 2. The summed E-state index contributed by atoms with van der Waals surface area (Å²) in [5.41, 5.74) is 0.805. The first-order chi connectivity index (χ1) is 10.0. The van der Waals surface area contributed by atoms with E-state index in [4.69, 9.17) is 4.74 Å². The first-order valence-corrected chi connectivity index (χ1v) is 7.20. The monoisotopic (exact) mass is 290 g/mol. The lowest BCUT2D eigenvalue weighted by molar-refractivity contribution is -0.138. The third-order valence-electron chi connectivity index (χ3n) is 3.78. The Balaban J connectivity index is 2.33. The number of ether oxygens (including phenoxy) is 1. The molecule has 0 aromatic heterocycles. The highest BCUT2D eigenvalue weighted by Crippen LogP contribution is 2.23. The molecule has 2 rings (SSSR count). The van der Waals surface area contributed by atoms with Gasteiger partial charge in [-0.15, -0.1) is 0 Å². The Morgan fingerprint density at radius 3 is 2.62 bits per heavy atom. The first-order valence-electron chi connectivity index (χ1n) is 7.20. The minimum absolute atomic E-state index is 0.0728. The van der Waals surface area contributed by atoms with E-state index in [1.807, 2.05) is 44.2 Å². The van der Waals surface area contributed by atoms with E-state index in [2.05, 4.69) is 5.32 Å². The third-order valence-corrected chi connectivity index (χ3v) is 3.78. The van der Waals surface area contributed by atoms with Gasteiger partial charge < -0.3 is 15.0 Å². The summed E-state index contributed by atoms with van der Waals surface area (Å²) < 4.78 is 5.16. The number of carbonyl (C=O) groups is 2. The normalized spacial score (nSPS) is 24.4. The van der Waals surface area contributed by atoms with Crippen LogP contribution in [0.15, 0.2) is 30.3 Å². The van der Waals surface area contributed by atoms with Crippen molar-refractivity contribution in [3.05, 3.63) is 35.9 Å². The van der Waals surface area contributed by atoms with Gasteiger partial charge in [0.2, 0.25) is 11.8 Å². The molecule has 1 heterocycles. The van der Waals surface area contributed by atoms with Gasteiger partial charge in [0.15, 0.2) is 0 Å². The number of rotatable bonds is 4. The number of hydrogen-bond donors (Lipinski definition) is 1. The van der Waals surface area contributed by atoms with Crippen LogP contribution >= 0.6 is 0 Å². The summed E-state index contributed by atoms with van der Waals surface area (Å²) in [4.78, 5) is 26.7. The SMILES string of the molecule is COCC(C)N1C(=O)C(c2ccccc2)NC(=O)CC1C. The molecular formula is C16H22N2O3. The lowest BCUT2D eigenvalue weighted by Crippen LogP contribution is -2.48. The van der Waals surface area contributed by atoms with Gasteiger partial charge in [-0.05, 0) is 19.4 Å². The second kappa shape index (κ2) is 6.72. The van der Waals surface area contributed by atoms with Crippen LogP contribution in [0.4, 0.5) is 0 Å². The summed E-state index contributed by atoms with van der Waals surface area (Å²) in [5, 5.41) is 2.83. The predicted molar refractivity (Wildman–Crippen MR) is 79.6 cm³/mol. The molecule has 0 aliphatic carbocycles. The highest BCUT2D eigenvalue weighted by atomic mass is 16.5. The van der Waals surface area contributed by atoms with Crippen LogP contribution in [-0.4, -0.2) is 42.5 Å². The van der Waals surface area contributed by atoms with E-state index in [0.29, 0.717) is 13.0 Å². The average molecular weight is 290 g/mol. The molecule has 2 amide bonds. The molecule has 0 bridgehead atoms. The fourth-order valence-electron chi connectivity index (χ4n) is 2.86. The van der Waals surface area contributed by atoms with E-state index < -0.39 is 6.04 Å². The van der Waals surface area contributed by atoms with Gasteiger partial charge in [0.05, 0.1) is 12.6 Å². The molecule has 1 aromatic carbocycles. The molecule has 5 heteroatoms.